The summed E-state index contributed by atoms with van der Waals surface area (Å²) >= 11 is 0. The normalized spacial score (nSPS) is 15.5. The molecular weight excluding hydrogens is 534 g/mol. The zero-order chi connectivity index (χ0) is 30.1. The van der Waals surface area contributed by atoms with Crippen molar-refractivity contribution < 1.29 is 19.1 Å². The Hall–Kier alpha value is -5.16. The summed E-state index contributed by atoms with van der Waals surface area (Å²) in [5.41, 5.74) is 12.2. The molecule has 0 aliphatic heterocycles. The van der Waals surface area contributed by atoms with Gasteiger partial charge in [-0.2, -0.15) is 0 Å². The SMILES string of the molecule is C=C(C)C(=O)OCc1ccc(N(c2ccc(COC(=O)C(=C)C)cc2)c2ccc3c4c2CC=C2C=CC=C(C=C3)C24)cc1. The van der Waals surface area contributed by atoms with E-state index in [0.717, 1.165) is 34.6 Å². The molecule has 0 heterocycles. The lowest BCUT2D eigenvalue weighted by Crippen LogP contribution is -2.21. The van der Waals surface area contributed by atoms with Crippen molar-refractivity contribution in [2.24, 2.45) is 0 Å². The van der Waals surface area contributed by atoms with Gasteiger partial charge in [0.15, 0.2) is 0 Å². The molecule has 1 atom stereocenters. The molecule has 0 spiro atoms. The zero-order valence-electron chi connectivity index (χ0n) is 24.4. The maximum Gasteiger partial charge on any atom is 0.333 e. The Morgan fingerprint density at radius 3 is 1.91 bits per heavy atom. The summed E-state index contributed by atoms with van der Waals surface area (Å²) in [6, 6.07) is 20.6. The number of carbonyl (C=O) groups excluding carboxylic acids is 2. The number of hydrogen-bond donors (Lipinski definition) is 0. The number of carbonyl (C=O) groups is 2. The lowest BCUT2D eigenvalue weighted by Gasteiger charge is -2.36. The van der Waals surface area contributed by atoms with Crippen molar-refractivity contribution in [2.45, 2.75) is 39.4 Å². The summed E-state index contributed by atoms with van der Waals surface area (Å²) in [4.78, 5) is 26.1. The number of esters is 2. The van der Waals surface area contributed by atoms with Crippen molar-refractivity contribution in [1.82, 2.24) is 0 Å². The summed E-state index contributed by atoms with van der Waals surface area (Å²) in [5.74, 6) is -0.563. The molecule has 0 saturated carbocycles. The highest BCUT2D eigenvalue weighted by molar-refractivity contribution is 5.87. The third-order valence-corrected chi connectivity index (χ3v) is 7.96. The van der Waals surface area contributed by atoms with E-state index in [4.69, 9.17) is 9.47 Å². The van der Waals surface area contributed by atoms with E-state index >= 15 is 0 Å². The van der Waals surface area contributed by atoms with Crippen LogP contribution in [0.1, 0.15) is 47.6 Å². The Labute approximate surface area is 252 Å². The Balaban J connectivity index is 1.39. The Bertz CT molecular complexity index is 1690. The van der Waals surface area contributed by atoms with Gasteiger partial charge in [-0.25, -0.2) is 9.59 Å². The second kappa shape index (κ2) is 11.6. The smallest absolute Gasteiger partial charge is 0.333 e. The first-order chi connectivity index (χ1) is 20.8. The standard InChI is InChI=1S/C38H33NO4/c1-24(2)37(40)42-22-26-8-16-31(17-9-26)39(32-18-10-27(11-19-32)23-43-38(41)25(3)4)34-21-15-30-13-12-28-6-5-7-29-14-20-33(34)36(30)35(28)29/h5-19,21,35H,1,3,20,22-23H2,2,4H3. The molecule has 3 aromatic carbocycles. The van der Waals surface area contributed by atoms with Crippen LogP contribution in [-0.4, -0.2) is 11.9 Å². The van der Waals surface area contributed by atoms with Crippen LogP contribution in [0, 0.1) is 0 Å². The van der Waals surface area contributed by atoms with Crippen LogP contribution in [0.15, 0.2) is 126 Å². The highest BCUT2D eigenvalue weighted by Crippen LogP contribution is 2.50. The molecule has 0 amide bonds. The van der Waals surface area contributed by atoms with Crippen LogP contribution in [0.25, 0.3) is 6.08 Å². The average Bonchev–Trinajstić information content (AvgIpc) is 3.03. The lowest BCUT2D eigenvalue weighted by atomic mass is 9.70. The lowest BCUT2D eigenvalue weighted by molar-refractivity contribution is -0.141. The van der Waals surface area contributed by atoms with Gasteiger partial charge in [0.1, 0.15) is 13.2 Å². The van der Waals surface area contributed by atoms with E-state index in [1.165, 1.54) is 27.8 Å². The molecule has 0 saturated heterocycles. The monoisotopic (exact) mass is 567 g/mol. The number of ether oxygens (including phenoxy) is 2. The fraction of sp³-hybridized carbons (Fsp3) is 0.158. The van der Waals surface area contributed by atoms with Gasteiger partial charge in [0.25, 0.3) is 0 Å². The van der Waals surface area contributed by atoms with Gasteiger partial charge in [-0.3, -0.25) is 0 Å². The molecule has 6 rings (SSSR count). The summed E-state index contributed by atoms with van der Waals surface area (Å²) in [6.07, 6.45) is 14.2. The van der Waals surface area contributed by atoms with E-state index in [1.54, 1.807) is 13.8 Å². The summed E-state index contributed by atoms with van der Waals surface area (Å²) in [6.45, 7) is 10.9. The van der Waals surface area contributed by atoms with E-state index in [-0.39, 0.29) is 19.1 Å². The van der Waals surface area contributed by atoms with Crippen LogP contribution in [0.2, 0.25) is 0 Å². The number of nitrogens with zero attached hydrogens (tertiary/aromatic N) is 1. The maximum atomic E-state index is 11.9. The van der Waals surface area contributed by atoms with Crippen molar-refractivity contribution in [3.63, 3.8) is 0 Å². The number of hydrogen-bond acceptors (Lipinski definition) is 5. The molecule has 214 valence electrons. The zero-order valence-corrected chi connectivity index (χ0v) is 24.4. The van der Waals surface area contributed by atoms with E-state index in [9.17, 15) is 9.59 Å². The highest BCUT2D eigenvalue weighted by atomic mass is 16.5. The second-order valence-electron chi connectivity index (χ2n) is 11.1. The van der Waals surface area contributed by atoms with Gasteiger partial charge in [-0.05, 0) is 89.6 Å². The van der Waals surface area contributed by atoms with Gasteiger partial charge in [-0.1, -0.05) is 79.9 Å². The van der Waals surface area contributed by atoms with Gasteiger partial charge in [0.2, 0.25) is 0 Å². The minimum Gasteiger partial charge on any atom is -0.457 e. The Kier molecular flexibility index (Phi) is 7.56. The van der Waals surface area contributed by atoms with Gasteiger partial charge < -0.3 is 14.4 Å². The molecule has 0 N–H and O–H groups in total. The van der Waals surface area contributed by atoms with Crippen LogP contribution in [0.3, 0.4) is 0 Å². The molecule has 43 heavy (non-hydrogen) atoms. The number of benzene rings is 3. The molecule has 5 nitrogen and oxygen atoms in total. The Morgan fingerprint density at radius 2 is 1.35 bits per heavy atom. The van der Waals surface area contributed by atoms with E-state index in [2.05, 4.69) is 90.9 Å². The third-order valence-electron chi connectivity index (χ3n) is 7.96. The predicted octanol–water partition coefficient (Wildman–Crippen LogP) is 8.48. The fourth-order valence-electron chi connectivity index (χ4n) is 5.77. The maximum absolute atomic E-state index is 11.9. The molecule has 1 unspecified atom stereocenters. The van der Waals surface area contributed by atoms with Crippen molar-refractivity contribution in [2.75, 3.05) is 4.90 Å². The largest absolute Gasteiger partial charge is 0.457 e. The fourth-order valence-corrected chi connectivity index (χ4v) is 5.77. The number of allylic oxidation sites excluding steroid dienone is 7. The van der Waals surface area contributed by atoms with Crippen molar-refractivity contribution in [3.05, 3.63) is 154 Å². The number of anilines is 3. The third kappa shape index (κ3) is 5.54. The van der Waals surface area contributed by atoms with Crippen molar-refractivity contribution in [1.29, 1.82) is 0 Å². The second-order valence-corrected chi connectivity index (χ2v) is 11.1. The number of rotatable bonds is 9. The van der Waals surface area contributed by atoms with E-state index < -0.39 is 11.9 Å². The molecule has 0 aromatic heterocycles. The molecule has 3 aliphatic carbocycles. The summed E-state index contributed by atoms with van der Waals surface area (Å²) < 4.78 is 10.7. The van der Waals surface area contributed by atoms with Crippen molar-refractivity contribution in [3.8, 4) is 0 Å². The molecular formula is C38H33NO4. The molecule has 5 heteroatoms. The summed E-state index contributed by atoms with van der Waals surface area (Å²) in [7, 11) is 0. The van der Waals surface area contributed by atoms with Crippen LogP contribution in [0.5, 0.6) is 0 Å². The Morgan fingerprint density at radius 1 is 0.767 bits per heavy atom. The molecule has 3 aromatic rings. The van der Waals surface area contributed by atoms with Gasteiger partial charge >= 0.3 is 11.9 Å². The van der Waals surface area contributed by atoms with Gasteiger partial charge in [0, 0.05) is 34.1 Å². The van der Waals surface area contributed by atoms with E-state index in [1.807, 2.05) is 24.3 Å². The minimum atomic E-state index is -0.402. The average molecular weight is 568 g/mol. The quantitative estimate of drug-likeness (QED) is 0.192. The van der Waals surface area contributed by atoms with Crippen LogP contribution >= 0.6 is 0 Å². The predicted molar refractivity (Wildman–Crippen MR) is 171 cm³/mol. The van der Waals surface area contributed by atoms with E-state index in [0.29, 0.717) is 11.1 Å². The molecule has 0 bridgehead atoms. The minimum absolute atomic E-state index is 0.178. The van der Waals surface area contributed by atoms with Crippen LogP contribution in [0.4, 0.5) is 17.1 Å². The van der Waals surface area contributed by atoms with Crippen LogP contribution < -0.4 is 4.90 Å². The first kappa shape index (κ1) is 28.0. The molecule has 0 fully saturated rings. The van der Waals surface area contributed by atoms with Crippen LogP contribution in [-0.2, 0) is 38.7 Å². The molecule has 0 radical (unpaired) electrons. The first-order valence-corrected chi connectivity index (χ1v) is 14.4. The first-order valence-electron chi connectivity index (χ1n) is 14.4. The summed E-state index contributed by atoms with van der Waals surface area (Å²) in [5, 5.41) is 0. The molecule has 3 aliphatic rings. The van der Waals surface area contributed by atoms with Gasteiger partial charge in [-0.15, -0.1) is 0 Å². The topological polar surface area (TPSA) is 55.8 Å². The highest BCUT2D eigenvalue weighted by Gasteiger charge is 2.32. The van der Waals surface area contributed by atoms with Gasteiger partial charge in [0.05, 0.1) is 0 Å². The van der Waals surface area contributed by atoms with Crippen molar-refractivity contribution >= 4 is 35.1 Å².